The lowest BCUT2D eigenvalue weighted by Gasteiger charge is -2.34. The smallest absolute Gasteiger partial charge is 0.128 e. The number of anilines is 1. The summed E-state index contributed by atoms with van der Waals surface area (Å²) in [6.07, 6.45) is 1.88. The molecule has 17 heavy (non-hydrogen) atoms. The van der Waals surface area contributed by atoms with Crippen molar-refractivity contribution < 1.29 is 5.11 Å². The number of aliphatic hydroxyl groups is 1. The molecule has 1 aromatic rings. The number of likely N-dealkylation sites (N-methyl/N-ethyl adjacent to an activating group) is 1. The third-order valence-electron chi connectivity index (χ3n) is 3.03. The van der Waals surface area contributed by atoms with E-state index in [0.29, 0.717) is 0 Å². The van der Waals surface area contributed by atoms with Crippen LogP contribution in [-0.4, -0.2) is 35.8 Å². The summed E-state index contributed by atoms with van der Waals surface area (Å²) in [5.41, 5.74) is 0.877. The van der Waals surface area contributed by atoms with Gasteiger partial charge in [0.25, 0.3) is 0 Å². The van der Waals surface area contributed by atoms with Gasteiger partial charge in [0.1, 0.15) is 5.82 Å². The van der Waals surface area contributed by atoms with Crippen molar-refractivity contribution >= 4 is 5.82 Å². The van der Waals surface area contributed by atoms with Crippen LogP contribution in [0.4, 0.5) is 5.82 Å². The molecule has 0 spiro atoms. The Hall–Kier alpha value is -1.13. The van der Waals surface area contributed by atoms with E-state index in [2.05, 4.69) is 23.3 Å². The first kappa shape index (κ1) is 13.9. The van der Waals surface area contributed by atoms with Gasteiger partial charge in [-0.25, -0.2) is 4.98 Å². The average molecular weight is 237 g/mol. The lowest BCUT2D eigenvalue weighted by Crippen LogP contribution is -2.44. The van der Waals surface area contributed by atoms with Gasteiger partial charge in [0, 0.05) is 19.8 Å². The Balaban J connectivity index is 2.73. The van der Waals surface area contributed by atoms with Crippen LogP contribution in [0.1, 0.15) is 26.3 Å². The van der Waals surface area contributed by atoms with E-state index >= 15 is 0 Å². The fourth-order valence-electron chi connectivity index (χ4n) is 1.41. The van der Waals surface area contributed by atoms with Crippen molar-refractivity contribution in [1.82, 2.24) is 10.3 Å². The third kappa shape index (κ3) is 3.68. The Morgan fingerprint density at radius 1 is 1.41 bits per heavy atom. The van der Waals surface area contributed by atoms with Gasteiger partial charge in [-0.15, -0.1) is 0 Å². The van der Waals surface area contributed by atoms with Crippen molar-refractivity contribution in [2.75, 3.05) is 25.1 Å². The van der Waals surface area contributed by atoms with Gasteiger partial charge in [-0.1, -0.05) is 13.0 Å². The summed E-state index contributed by atoms with van der Waals surface area (Å²) in [7, 11) is 1.95. The zero-order valence-electron chi connectivity index (χ0n) is 11.2. The van der Waals surface area contributed by atoms with E-state index in [4.69, 9.17) is 0 Å². The normalized spacial score (nSPS) is 11.6. The first-order chi connectivity index (χ1) is 8.01. The Labute approximate surface area is 104 Å². The van der Waals surface area contributed by atoms with Crippen LogP contribution >= 0.6 is 0 Å². The van der Waals surface area contributed by atoms with Crippen LogP contribution in [0.5, 0.6) is 0 Å². The van der Waals surface area contributed by atoms with Gasteiger partial charge >= 0.3 is 0 Å². The average Bonchev–Trinajstić information content (AvgIpc) is 2.36. The van der Waals surface area contributed by atoms with E-state index in [9.17, 15) is 5.11 Å². The molecule has 0 fully saturated rings. The second-order valence-electron chi connectivity index (χ2n) is 4.83. The molecule has 0 atom stereocenters. The number of pyridine rings is 1. The van der Waals surface area contributed by atoms with E-state index in [0.717, 1.165) is 18.9 Å². The fraction of sp³-hybridized carbons (Fsp3) is 0.615. The van der Waals surface area contributed by atoms with E-state index in [1.165, 1.54) is 5.56 Å². The highest BCUT2D eigenvalue weighted by atomic mass is 16.3. The van der Waals surface area contributed by atoms with Gasteiger partial charge < -0.3 is 15.3 Å². The van der Waals surface area contributed by atoms with E-state index in [1.54, 1.807) is 0 Å². The van der Waals surface area contributed by atoms with Crippen molar-refractivity contribution in [3.05, 3.63) is 23.9 Å². The van der Waals surface area contributed by atoms with Crippen LogP contribution in [0.15, 0.2) is 18.3 Å². The molecule has 2 N–H and O–H groups in total. The molecule has 4 heteroatoms. The molecule has 0 aliphatic carbocycles. The van der Waals surface area contributed by atoms with Crippen LogP contribution in [0, 0.1) is 0 Å². The van der Waals surface area contributed by atoms with Crippen LogP contribution < -0.4 is 10.2 Å². The lowest BCUT2D eigenvalue weighted by molar-refractivity contribution is 0.215. The van der Waals surface area contributed by atoms with Crippen molar-refractivity contribution in [2.45, 2.75) is 32.9 Å². The van der Waals surface area contributed by atoms with Gasteiger partial charge in [0.05, 0.1) is 12.1 Å². The third-order valence-corrected chi connectivity index (χ3v) is 3.03. The van der Waals surface area contributed by atoms with Gasteiger partial charge in [0.15, 0.2) is 0 Å². The number of rotatable bonds is 6. The van der Waals surface area contributed by atoms with Gasteiger partial charge in [-0.2, -0.15) is 0 Å². The van der Waals surface area contributed by atoms with Gasteiger partial charge in [-0.3, -0.25) is 0 Å². The minimum atomic E-state index is -0.295. The van der Waals surface area contributed by atoms with Crippen LogP contribution in [0.25, 0.3) is 0 Å². The molecule has 0 saturated heterocycles. The molecule has 1 heterocycles. The molecule has 0 amide bonds. The van der Waals surface area contributed by atoms with E-state index in [1.807, 2.05) is 38.1 Å². The molecule has 1 aromatic heterocycles. The van der Waals surface area contributed by atoms with Crippen LogP contribution in [0.2, 0.25) is 0 Å². The van der Waals surface area contributed by atoms with Crippen molar-refractivity contribution in [2.24, 2.45) is 0 Å². The monoisotopic (exact) mass is 237 g/mol. The maximum absolute atomic E-state index is 9.32. The molecule has 0 aliphatic heterocycles. The fourth-order valence-corrected chi connectivity index (χ4v) is 1.41. The Morgan fingerprint density at radius 3 is 2.59 bits per heavy atom. The molecule has 0 saturated carbocycles. The summed E-state index contributed by atoms with van der Waals surface area (Å²) < 4.78 is 0. The van der Waals surface area contributed by atoms with Crippen LogP contribution in [-0.2, 0) is 6.54 Å². The first-order valence-electron chi connectivity index (χ1n) is 6.01. The minimum absolute atomic E-state index is 0.102. The standard InChI is InChI=1S/C13H23N3O/c1-5-14-8-11-6-7-12(15-9-11)16(4)13(2,3)10-17/h6-7,9,14,17H,5,8,10H2,1-4H3. The highest BCUT2D eigenvalue weighted by Gasteiger charge is 2.23. The summed E-state index contributed by atoms with van der Waals surface area (Å²) in [4.78, 5) is 6.41. The number of hydrogen-bond donors (Lipinski definition) is 2. The largest absolute Gasteiger partial charge is 0.394 e. The second kappa shape index (κ2) is 5.98. The zero-order valence-corrected chi connectivity index (χ0v) is 11.2. The quantitative estimate of drug-likeness (QED) is 0.785. The summed E-state index contributed by atoms with van der Waals surface area (Å²) in [6.45, 7) is 7.96. The van der Waals surface area contributed by atoms with Gasteiger partial charge in [-0.05, 0) is 32.0 Å². The molecule has 0 unspecified atom stereocenters. The first-order valence-corrected chi connectivity index (χ1v) is 6.01. The Kier molecular flexibility index (Phi) is 4.90. The van der Waals surface area contributed by atoms with Gasteiger partial charge in [0.2, 0.25) is 0 Å². The molecule has 1 rings (SSSR count). The number of aliphatic hydroxyl groups excluding tert-OH is 1. The van der Waals surface area contributed by atoms with Crippen molar-refractivity contribution in [3.63, 3.8) is 0 Å². The molecule has 0 aromatic carbocycles. The van der Waals surface area contributed by atoms with E-state index in [-0.39, 0.29) is 12.1 Å². The van der Waals surface area contributed by atoms with Crippen molar-refractivity contribution in [3.8, 4) is 0 Å². The molecular weight excluding hydrogens is 214 g/mol. The number of nitrogens with one attached hydrogen (secondary N) is 1. The number of nitrogens with zero attached hydrogens (tertiary/aromatic N) is 2. The Morgan fingerprint density at radius 2 is 2.12 bits per heavy atom. The highest BCUT2D eigenvalue weighted by molar-refractivity contribution is 5.41. The van der Waals surface area contributed by atoms with Crippen LogP contribution in [0.3, 0.4) is 0 Å². The molecule has 0 aliphatic rings. The minimum Gasteiger partial charge on any atom is -0.394 e. The predicted octanol–water partition coefficient (Wildman–Crippen LogP) is 1.40. The maximum atomic E-state index is 9.32. The molecule has 0 bridgehead atoms. The lowest BCUT2D eigenvalue weighted by atomic mass is 10.1. The predicted molar refractivity (Wildman–Crippen MR) is 71.2 cm³/mol. The molecule has 4 nitrogen and oxygen atoms in total. The topological polar surface area (TPSA) is 48.4 Å². The highest BCUT2D eigenvalue weighted by Crippen LogP contribution is 2.19. The summed E-state index contributed by atoms with van der Waals surface area (Å²) in [5.74, 6) is 0.879. The maximum Gasteiger partial charge on any atom is 0.128 e. The molecule has 0 radical (unpaired) electrons. The summed E-state index contributed by atoms with van der Waals surface area (Å²) >= 11 is 0. The molecule has 96 valence electrons. The second-order valence-corrected chi connectivity index (χ2v) is 4.83. The van der Waals surface area contributed by atoms with Crippen molar-refractivity contribution in [1.29, 1.82) is 0 Å². The Bertz CT molecular complexity index is 335. The summed E-state index contributed by atoms with van der Waals surface area (Å²) in [6, 6.07) is 4.05. The van der Waals surface area contributed by atoms with E-state index < -0.39 is 0 Å². The SMILES string of the molecule is CCNCc1ccc(N(C)C(C)(C)CO)nc1. The zero-order chi connectivity index (χ0) is 12.9. The number of hydrogen-bond acceptors (Lipinski definition) is 4. The summed E-state index contributed by atoms with van der Waals surface area (Å²) in [5, 5.41) is 12.6. The number of aromatic nitrogens is 1. The molecular formula is C13H23N3O.